The molecule has 0 aromatic rings. The summed E-state index contributed by atoms with van der Waals surface area (Å²) in [4.78, 5) is 26.1. The number of carboxylic acids is 1. The van der Waals surface area contributed by atoms with Crippen LogP contribution < -0.4 is 0 Å². The Morgan fingerprint density at radius 1 is 1.61 bits per heavy atom. The minimum Gasteiger partial charge on any atom is -0.569 e. The van der Waals surface area contributed by atoms with E-state index in [2.05, 4.69) is 14.9 Å². The van der Waals surface area contributed by atoms with Crippen molar-refractivity contribution >= 4 is 11.9 Å². The van der Waals surface area contributed by atoms with E-state index in [-0.39, 0.29) is 11.5 Å². The van der Waals surface area contributed by atoms with Crippen LogP contribution in [0.3, 0.4) is 0 Å². The molecule has 9 nitrogen and oxygen atoms in total. The van der Waals surface area contributed by atoms with E-state index in [0.717, 1.165) is 5.01 Å². The van der Waals surface area contributed by atoms with Crippen LogP contribution in [-0.4, -0.2) is 45.9 Å². The quantitative estimate of drug-likeness (QED) is 0.248. The molecule has 1 heterocycles. The predicted octanol–water partition coefficient (Wildman–Crippen LogP) is 0.254. The number of carbonyl (C=O) groups is 2. The van der Waals surface area contributed by atoms with Crippen LogP contribution in [0.5, 0.6) is 0 Å². The van der Waals surface area contributed by atoms with Gasteiger partial charge in [0.1, 0.15) is 0 Å². The van der Waals surface area contributed by atoms with Gasteiger partial charge in [-0.1, -0.05) is 0 Å². The molecule has 1 saturated heterocycles. The van der Waals surface area contributed by atoms with Gasteiger partial charge in [-0.05, 0) is 12.8 Å². The molecule has 0 amide bonds. The van der Waals surface area contributed by atoms with Gasteiger partial charge in [0.25, 0.3) is 6.29 Å². The van der Waals surface area contributed by atoms with E-state index in [1.54, 1.807) is 0 Å². The summed E-state index contributed by atoms with van der Waals surface area (Å²) in [5, 5.41) is 24.6. The first-order chi connectivity index (χ1) is 8.41. The zero-order chi connectivity index (χ0) is 13.7. The van der Waals surface area contributed by atoms with Crippen LogP contribution in [0.25, 0.3) is 0 Å². The molecule has 0 aliphatic carbocycles. The van der Waals surface area contributed by atoms with Crippen LogP contribution in [0.2, 0.25) is 0 Å². The lowest BCUT2D eigenvalue weighted by Crippen LogP contribution is -2.40. The number of esters is 1. The molecule has 1 rings (SSSR count). The summed E-state index contributed by atoms with van der Waals surface area (Å²) >= 11 is 0. The number of hydrogen-bond donors (Lipinski definition) is 1. The number of carboxylic acid groups (broad SMARTS) is 1. The Morgan fingerprint density at radius 2 is 2.28 bits per heavy atom. The standard InChI is InChI=1S/C9H15N3O6/c1-6(13)17-7(2)18-10-12(16)11-5-3-4-8(11)9(14)15/h7-8H,3-5H2,1-2H3,(H,14,15)/b12-10-/t7?,8-/m0/s1. The molecule has 2 atom stereocenters. The number of aliphatic carboxylic acids is 1. The fourth-order valence-corrected chi connectivity index (χ4v) is 1.62. The van der Waals surface area contributed by atoms with Crippen LogP contribution in [0.1, 0.15) is 26.7 Å². The second-order valence-corrected chi connectivity index (χ2v) is 3.78. The zero-order valence-corrected chi connectivity index (χ0v) is 10.1. The van der Waals surface area contributed by atoms with Crippen LogP contribution in [0, 0.1) is 5.21 Å². The highest BCUT2D eigenvalue weighted by atomic mass is 16.8. The number of hydrazine groups is 1. The Bertz CT molecular complexity index is 358. The minimum atomic E-state index is -1.09. The van der Waals surface area contributed by atoms with Crippen LogP contribution >= 0.6 is 0 Å². The van der Waals surface area contributed by atoms with Gasteiger partial charge in [0, 0.05) is 13.8 Å². The highest BCUT2D eigenvalue weighted by molar-refractivity contribution is 5.73. The van der Waals surface area contributed by atoms with Crippen molar-refractivity contribution in [1.29, 1.82) is 0 Å². The number of hydrogen-bond acceptors (Lipinski definition) is 6. The minimum absolute atomic E-state index is 0.0752. The van der Waals surface area contributed by atoms with Gasteiger partial charge < -0.3 is 15.1 Å². The number of nitrogens with zero attached hydrogens (tertiary/aromatic N) is 3. The molecule has 0 saturated carbocycles. The Balaban J connectivity index is 2.55. The third kappa shape index (κ3) is 3.75. The first-order valence-electron chi connectivity index (χ1n) is 5.42. The molecule has 0 aromatic heterocycles. The van der Waals surface area contributed by atoms with Crippen LogP contribution in [0.15, 0.2) is 5.28 Å². The van der Waals surface area contributed by atoms with E-state index in [1.807, 2.05) is 0 Å². The molecular formula is C9H15N3O6. The predicted molar refractivity (Wildman–Crippen MR) is 55.7 cm³/mol. The van der Waals surface area contributed by atoms with E-state index in [4.69, 9.17) is 5.11 Å². The monoisotopic (exact) mass is 261 g/mol. The van der Waals surface area contributed by atoms with E-state index in [0.29, 0.717) is 12.8 Å². The summed E-state index contributed by atoms with van der Waals surface area (Å²) in [7, 11) is 0. The lowest BCUT2D eigenvalue weighted by molar-refractivity contribution is -0.714. The van der Waals surface area contributed by atoms with Crippen molar-refractivity contribution in [2.75, 3.05) is 6.54 Å². The number of carbonyl (C=O) groups excluding carboxylic acids is 1. The van der Waals surface area contributed by atoms with Crippen molar-refractivity contribution in [3.63, 3.8) is 0 Å². The van der Waals surface area contributed by atoms with Crippen molar-refractivity contribution in [2.45, 2.75) is 39.0 Å². The molecule has 1 unspecified atom stereocenters. The van der Waals surface area contributed by atoms with Crippen LogP contribution in [0.4, 0.5) is 0 Å². The van der Waals surface area contributed by atoms with Crippen molar-refractivity contribution in [3.05, 3.63) is 5.21 Å². The van der Waals surface area contributed by atoms with Crippen molar-refractivity contribution in [3.8, 4) is 0 Å². The first kappa shape index (κ1) is 14.0. The summed E-state index contributed by atoms with van der Waals surface area (Å²) in [5.74, 6) is -1.66. The topological polar surface area (TPSA) is 114 Å². The molecule has 1 aliphatic rings. The molecule has 1 aliphatic heterocycles. The molecule has 0 aromatic carbocycles. The van der Waals surface area contributed by atoms with Gasteiger partial charge in [0.05, 0.1) is 11.5 Å². The molecule has 0 radical (unpaired) electrons. The van der Waals surface area contributed by atoms with E-state index in [9.17, 15) is 14.8 Å². The van der Waals surface area contributed by atoms with Gasteiger partial charge >= 0.3 is 11.9 Å². The summed E-state index contributed by atoms with van der Waals surface area (Å²) in [6.07, 6.45) is -0.0433. The molecule has 9 heteroatoms. The summed E-state index contributed by atoms with van der Waals surface area (Å²) in [6, 6.07) is -0.904. The third-order valence-corrected chi connectivity index (χ3v) is 2.33. The first-order valence-corrected chi connectivity index (χ1v) is 5.42. The fraction of sp³-hybridized carbons (Fsp3) is 0.778. The van der Waals surface area contributed by atoms with E-state index >= 15 is 0 Å². The maximum atomic E-state index is 11.5. The largest absolute Gasteiger partial charge is 0.569 e. The molecule has 1 N–H and O–H groups in total. The molecule has 0 bridgehead atoms. The fourth-order valence-electron chi connectivity index (χ4n) is 1.62. The Hall–Kier alpha value is -2.06. The van der Waals surface area contributed by atoms with Gasteiger partial charge in [0.2, 0.25) is 5.28 Å². The lowest BCUT2D eigenvalue weighted by Gasteiger charge is -2.16. The molecular weight excluding hydrogens is 246 g/mol. The normalized spacial score (nSPS) is 21.6. The van der Waals surface area contributed by atoms with Gasteiger partial charge in [0.15, 0.2) is 6.04 Å². The van der Waals surface area contributed by atoms with Gasteiger partial charge in [-0.15, -0.1) is 5.01 Å². The highest BCUT2D eigenvalue weighted by Crippen LogP contribution is 2.17. The van der Waals surface area contributed by atoms with Gasteiger partial charge in [-0.25, -0.2) is 4.79 Å². The average Bonchev–Trinajstić information content (AvgIpc) is 2.73. The van der Waals surface area contributed by atoms with Crippen molar-refractivity contribution < 1.29 is 29.2 Å². The van der Waals surface area contributed by atoms with Gasteiger partial charge in [-0.2, -0.15) is 0 Å². The lowest BCUT2D eigenvalue weighted by atomic mass is 10.2. The Kier molecular flexibility index (Phi) is 4.69. The molecule has 1 fully saturated rings. The second kappa shape index (κ2) is 6.03. The molecule has 18 heavy (non-hydrogen) atoms. The number of rotatable bonds is 5. The smallest absolute Gasteiger partial charge is 0.332 e. The highest BCUT2D eigenvalue weighted by Gasteiger charge is 2.36. The van der Waals surface area contributed by atoms with E-state index < -0.39 is 24.3 Å². The van der Waals surface area contributed by atoms with Crippen molar-refractivity contribution in [1.82, 2.24) is 5.01 Å². The van der Waals surface area contributed by atoms with E-state index in [1.165, 1.54) is 13.8 Å². The second-order valence-electron chi connectivity index (χ2n) is 3.78. The van der Waals surface area contributed by atoms with Gasteiger partial charge in [-0.3, -0.25) is 9.63 Å². The van der Waals surface area contributed by atoms with Crippen LogP contribution in [-0.2, 0) is 19.2 Å². The maximum Gasteiger partial charge on any atom is 0.332 e. The van der Waals surface area contributed by atoms with Crippen molar-refractivity contribution in [2.24, 2.45) is 5.28 Å². The SMILES string of the molecule is CC(=O)OC(C)O/N=[N+](\[O-])N1CCC[C@H]1C(=O)O. The summed E-state index contributed by atoms with van der Waals surface area (Å²) in [6.45, 7) is 2.86. The Morgan fingerprint density at radius 3 is 2.83 bits per heavy atom. The summed E-state index contributed by atoms with van der Waals surface area (Å²) < 4.78 is 4.58. The molecule has 0 spiro atoms. The summed E-state index contributed by atoms with van der Waals surface area (Å²) in [5.41, 5.74) is 0. The average molecular weight is 261 g/mol. The zero-order valence-electron chi connectivity index (χ0n) is 10.1. The number of ether oxygens (including phenoxy) is 1. The molecule has 102 valence electrons. The Labute approximate surface area is 103 Å². The third-order valence-electron chi connectivity index (χ3n) is 2.33. The maximum absolute atomic E-state index is 11.5.